The van der Waals surface area contributed by atoms with Crippen LogP contribution >= 0.6 is 11.6 Å². The molecule has 5 heteroatoms. The first kappa shape index (κ1) is 12.5. The molecule has 18 heavy (non-hydrogen) atoms. The van der Waals surface area contributed by atoms with Gasteiger partial charge in [-0.15, -0.1) is 0 Å². The molecule has 1 aromatic carbocycles. The van der Waals surface area contributed by atoms with Crippen molar-refractivity contribution >= 4 is 17.5 Å². The molecular weight excluding hydrogens is 252 g/mol. The van der Waals surface area contributed by atoms with E-state index in [9.17, 15) is 10.0 Å². The highest BCUT2D eigenvalue weighted by Crippen LogP contribution is 2.12. The molecule has 1 heterocycles. The highest BCUT2D eigenvalue weighted by atomic mass is 35.5. The van der Waals surface area contributed by atoms with Crippen LogP contribution in [0.5, 0.6) is 0 Å². The molecule has 2 aromatic rings. The summed E-state index contributed by atoms with van der Waals surface area (Å²) in [6, 6.07) is 9.61. The van der Waals surface area contributed by atoms with E-state index in [1.807, 2.05) is 0 Å². The number of halogens is 1. The Morgan fingerprint density at radius 2 is 1.78 bits per heavy atom. The van der Waals surface area contributed by atoms with Crippen LogP contribution in [0.4, 0.5) is 0 Å². The van der Waals surface area contributed by atoms with Crippen molar-refractivity contribution in [2.24, 2.45) is 0 Å². The van der Waals surface area contributed by atoms with Crippen molar-refractivity contribution in [3.63, 3.8) is 0 Å². The fourth-order valence-corrected chi connectivity index (χ4v) is 1.59. The molecule has 0 aliphatic heterocycles. The summed E-state index contributed by atoms with van der Waals surface area (Å²) in [6.45, 7) is 0.00395. The first-order chi connectivity index (χ1) is 8.66. The van der Waals surface area contributed by atoms with Crippen LogP contribution in [0.2, 0.25) is 5.02 Å². The number of nitrogens with zero attached hydrogens (tertiary/aromatic N) is 2. The quantitative estimate of drug-likeness (QED) is 0.799. The number of carbonyl (C=O) groups excluding carboxylic acids is 1. The minimum absolute atomic E-state index is 0.00395. The first-order valence-corrected chi connectivity index (χ1v) is 5.68. The van der Waals surface area contributed by atoms with Gasteiger partial charge in [0, 0.05) is 29.5 Å². The fourth-order valence-electron chi connectivity index (χ4n) is 1.46. The molecule has 0 bridgehead atoms. The summed E-state index contributed by atoms with van der Waals surface area (Å²) in [5.74, 6) is -0.580. The number of rotatable bonds is 3. The molecule has 0 radical (unpaired) electrons. The predicted molar refractivity (Wildman–Crippen MR) is 68.9 cm³/mol. The van der Waals surface area contributed by atoms with E-state index in [0.29, 0.717) is 15.6 Å². The summed E-state index contributed by atoms with van der Waals surface area (Å²) in [7, 11) is 0. The maximum atomic E-state index is 11.8. The summed E-state index contributed by atoms with van der Waals surface area (Å²) in [5, 5.41) is 12.7. The van der Waals surface area contributed by atoms with Gasteiger partial charge in [-0.3, -0.25) is 9.78 Å². The van der Waals surface area contributed by atoms with Gasteiger partial charge >= 0.3 is 0 Å². The van der Waals surface area contributed by atoms with Crippen molar-refractivity contribution in [2.45, 2.75) is 6.54 Å². The molecule has 0 saturated carbocycles. The van der Waals surface area contributed by atoms with E-state index in [0.717, 1.165) is 5.56 Å². The number of hydrogen-bond acceptors (Lipinski definition) is 3. The summed E-state index contributed by atoms with van der Waals surface area (Å²) >= 11 is 5.72. The average Bonchev–Trinajstić information content (AvgIpc) is 2.40. The zero-order valence-corrected chi connectivity index (χ0v) is 10.2. The van der Waals surface area contributed by atoms with Gasteiger partial charge in [-0.05, 0) is 42.0 Å². The van der Waals surface area contributed by atoms with E-state index < -0.39 is 5.91 Å². The smallest absolute Gasteiger partial charge is 0.243 e. The molecule has 92 valence electrons. The minimum Gasteiger partial charge on any atom is -0.756 e. The third-order valence-electron chi connectivity index (χ3n) is 2.39. The van der Waals surface area contributed by atoms with Crippen LogP contribution in [0.1, 0.15) is 15.9 Å². The zero-order valence-electron chi connectivity index (χ0n) is 9.41. The minimum atomic E-state index is -0.580. The number of amides is 1. The summed E-state index contributed by atoms with van der Waals surface area (Å²) < 4.78 is 0. The normalized spacial score (nSPS) is 10.1. The third-order valence-corrected chi connectivity index (χ3v) is 2.65. The van der Waals surface area contributed by atoms with Crippen molar-refractivity contribution in [1.29, 1.82) is 0 Å². The molecule has 0 atom stereocenters. The third kappa shape index (κ3) is 3.06. The molecule has 2 rings (SSSR count). The van der Waals surface area contributed by atoms with E-state index in [1.165, 1.54) is 12.1 Å². The molecule has 0 aliphatic carbocycles. The van der Waals surface area contributed by atoms with Crippen LogP contribution in [-0.4, -0.2) is 16.0 Å². The summed E-state index contributed by atoms with van der Waals surface area (Å²) in [4.78, 5) is 15.7. The highest BCUT2D eigenvalue weighted by Gasteiger charge is 2.07. The number of pyridine rings is 1. The standard InChI is InChI=1S/C13H10ClN2O2/c14-12-3-1-11(2-4-12)13(17)16(18)9-10-5-7-15-8-6-10/h1-8H,9H2/q-1. The van der Waals surface area contributed by atoms with Crippen LogP contribution in [-0.2, 0) is 6.54 Å². The molecule has 0 saturated heterocycles. The molecule has 4 nitrogen and oxygen atoms in total. The maximum Gasteiger partial charge on any atom is 0.243 e. The molecule has 1 amide bonds. The molecule has 0 spiro atoms. The van der Waals surface area contributed by atoms with Crippen LogP contribution in [0.25, 0.3) is 0 Å². The van der Waals surface area contributed by atoms with Crippen molar-refractivity contribution in [3.05, 3.63) is 70.1 Å². The Kier molecular flexibility index (Phi) is 3.92. The Morgan fingerprint density at radius 1 is 1.17 bits per heavy atom. The predicted octanol–water partition coefficient (Wildman–Crippen LogP) is 2.88. The first-order valence-electron chi connectivity index (χ1n) is 5.30. The lowest BCUT2D eigenvalue weighted by molar-refractivity contribution is 0.0814. The highest BCUT2D eigenvalue weighted by molar-refractivity contribution is 6.30. The van der Waals surface area contributed by atoms with Gasteiger partial charge in [0.25, 0.3) is 0 Å². The molecule has 0 fully saturated rings. The molecular formula is C13H10ClN2O2-. The second-order valence-corrected chi connectivity index (χ2v) is 4.14. The molecule has 0 N–H and O–H groups in total. The van der Waals surface area contributed by atoms with Crippen LogP contribution in [0, 0.1) is 5.21 Å². The van der Waals surface area contributed by atoms with Crippen molar-refractivity contribution in [2.75, 3.05) is 0 Å². The Balaban J connectivity index is 2.07. The lowest BCUT2D eigenvalue weighted by atomic mass is 10.2. The number of aromatic nitrogens is 1. The maximum absolute atomic E-state index is 11.8. The summed E-state index contributed by atoms with van der Waals surface area (Å²) in [6.07, 6.45) is 3.16. The molecule has 0 unspecified atom stereocenters. The van der Waals surface area contributed by atoms with E-state index in [-0.39, 0.29) is 6.54 Å². The van der Waals surface area contributed by atoms with E-state index in [1.54, 1.807) is 36.7 Å². The second-order valence-electron chi connectivity index (χ2n) is 3.70. The SMILES string of the molecule is O=C(c1ccc(Cl)cc1)N([O-])Cc1ccncc1. The number of carbonyl (C=O) groups is 1. The fraction of sp³-hybridized carbons (Fsp3) is 0.0769. The second kappa shape index (κ2) is 5.62. The van der Waals surface area contributed by atoms with Gasteiger partial charge in [0.1, 0.15) is 0 Å². The average molecular weight is 262 g/mol. The number of hydroxylamine groups is 2. The largest absolute Gasteiger partial charge is 0.756 e. The Morgan fingerprint density at radius 3 is 2.39 bits per heavy atom. The Hall–Kier alpha value is -1.91. The molecule has 0 aliphatic rings. The van der Waals surface area contributed by atoms with E-state index in [2.05, 4.69) is 4.98 Å². The van der Waals surface area contributed by atoms with E-state index in [4.69, 9.17) is 11.6 Å². The van der Waals surface area contributed by atoms with Gasteiger partial charge in [0.15, 0.2) is 0 Å². The van der Waals surface area contributed by atoms with Gasteiger partial charge in [0.2, 0.25) is 5.91 Å². The summed E-state index contributed by atoms with van der Waals surface area (Å²) in [5.41, 5.74) is 1.06. The van der Waals surface area contributed by atoms with Crippen molar-refractivity contribution < 1.29 is 4.79 Å². The zero-order chi connectivity index (χ0) is 13.0. The monoisotopic (exact) mass is 261 g/mol. The van der Waals surface area contributed by atoms with Gasteiger partial charge in [-0.1, -0.05) is 11.6 Å². The van der Waals surface area contributed by atoms with Gasteiger partial charge in [0.05, 0.1) is 0 Å². The van der Waals surface area contributed by atoms with Gasteiger partial charge < -0.3 is 10.3 Å². The lowest BCUT2D eigenvalue weighted by Crippen LogP contribution is -2.24. The van der Waals surface area contributed by atoms with E-state index >= 15 is 0 Å². The van der Waals surface area contributed by atoms with Gasteiger partial charge in [-0.2, -0.15) is 0 Å². The molecule has 1 aromatic heterocycles. The van der Waals surface area contributed by atoms with Crippen LogP contribution < -0.4 is 0 Å². The lowest BCUT2D eigenvalue weighted by Gasteiger charge is -2.28. The number of hydrogen-bond donors (Lipinski definition) is 0. The van der Waals surface area contributed by atoms with Crippen molar-refractivity contribution in [1.82, 2.24) is 10.0 Å². The Labute approximate surface area is 109 Å². The van der Waals surface area contributed by atoms with Crippen LogP contribution in [0.3, 0.4) is 0 Å². The van der Waals surface area contributed by atoms with Crippen molar-refractivity contribution in [3.8, 4) is 0 Å². The topological polar surface area (TPSA) is 56.3 Å². The van der Waals surface area contributed by atoms with Crippen LogP contribution in [0.15, 0.2) is 48.8 Å². The van der Waals surface area contributed by atoms with Gasteiger partial charge in [-0.25, -0.2) is 0 Å². The number of benzene rings is 1. The Bertz CT molecular complexity index is 528.